The number of benzene rings is 1. The van der Waals surface area contributed by atoms with E-state index in [4.69, 9.17) is 4.74 Å². The molecule has 0 heterocycles. The van der Waals surface area contributed by atoms with E-state index < -0.39 is 6.10 Å². The Bertz CT molecular complexity index is 287. The van der Waals surface area contributed by atoms with Gasteiger partial charge in [0.05, 0.1) is 12.7 Å². The van der Waals surface area contributed by atoms with Gasteiger partial charge in [-0.2, -0.15) is 11.8 Å². The molecule has 0 saturated carbocycles. The zero-order valence-electron chi connectivity index (χ0n) is 9.27. The highest BCUT2D eigenvalue weighted by Crippen LogP contribution is 2.18. The number of hydrogen-bond acceptors (Lipinski definition) is 3. The molecule has 1 rings (SSSR count). The van der Waals surface area contributed by atoms with E-state index in [-0.39, 0.29) is 0 Å². The number of hydrogen-bond donors (Lipinski definition) is 1. The maximum atomic E-state index is 9.40. The molecule has 1 N–H and O–H groups in total. The lowest BCUT2D eigenvalue weighted by Gasteiger charge is -2.09. The van der Waals surface area contributed by atoms with Crippen molar-refractivity contribution in [1.29, 1.82) is 0 Å². The van der Waals surface area contributed by atoms with E-state index >= 15 is 0 Å². The van der Waals surface area contributed by atoms with Crippen LogP contribution in [-0.2, 0) is 0 Å². The molecular formula is C12H18O2S. The summed E-state index contributed by atoms with van der Waals surface area (Å²) in [6, 6.07) is 7.63. The van der Waals surface area contributed by atoms with Crippen molar-refractivity contribution in [3.05, 3.63) is 29.8 Å². The quantitative estimate of drug-likeness (QED) is 0.756. The highest BCUT2D eigenvalue weighted by molar-refractivity contribution is 7.98. The van der Waals surface area contributed by atoms with Crippen molar-refractivity contribution >= 4 is 11.8 Å². The Labute approximate surface area is 95.7 Å². The summed E-state index contributed by atoms with van der Waals surface area (Å²) >= 11 is 1.82. The Morgan fingerprint density at radius 2 is 2.27 bits per heavy atom. The fraction of sp³-hybridized carbons (Fsp3) is 0.500. The number of rotatable bonds is 6. The second-order valence-electron chi connectivity index (χ2n) is 3.44. The van der Waals surface area contributed by atoms with Crippen molar-refractivity contribution in [2.75, 3.05) is 18.6 Å². The van der Waals surface area contributed by atoms with Crippen LogP contribution in [-0.4, -0.2) is 23.7 Å². The van der Waals surface area contributed by atoms with E-state index in [9.17, 15) is 5.11 Å². The molecule has 3 heteroatoms. The zero-order chi connectivity index (χ0) is 11.1. The molecule has 15 heavy (non-hydrogen) atoms. The van der Waals surface area contributed by atoms with Gasteiger partial charge in [-0.15, -0.1) is 0 Å². The predicted molar refractivity (Wildman–Crippen MR) is 65.6 cm³/mol. The first kappa shape index (κ1) is 12.4. The third-order valence-electron chi connectivity index (χ3n) is 2.10. The van der Waals surface area contributed by atoms with Gasteiger partial charge in [0.25, 0.3) is 0 Å². The van der Waals surface area contributed by atoms with E-state index in [0.29, 0.717) is 0 Å². The lowest BCUT2D eigenvalue weighted by molar-refractivity contribution is 0.198. The van der Waals surface area contributed by atoms with Gasteiger partial charge in [0.2, 0.25) is 0 Å². The SMILES string of the molecule is CSCCCOc1cccc([C@H](C)O)c1. The monoisotopic (exact) mass is 226 g/mol. The van der Waals surface area contributed by atoms with Crippen LogP contribution in [0, 0.1) is 0 Å². The Morgan fingerprint density at radius 1 is 1.47 bits per heavy atom. The lowest BCUT2D eigenvalue weighted by Crippen LogP contribution is -1.99. The molecule has 0 amide bonds. The van der Waals surface area contributed by atoms with Crippen molar-refractivity contribution < 1.29 is 9.84 Å². The molecule has 0 radical (unpaired) electrons. The van der Waals surface area contributed by atoms with Crippen LogP contribution in [0.1, 0.15) is 25.0 Å². The Hall–Kier alpha value is -0.670. The van der Waals surface area contributed by atoms with Gasteiger partial charge in [0.1, 0.15) is 5.75 Å². The van der Waals surface area contributed by atoms with Gasteiger partial charge < -0.3 is 9.84 Å². The molecule has 1 aromatic rings. The lowest BCUT2D eigenvalue weighted by atomic mass is 10.1. The molecule has 0 aliphatic heterocycles. The molecule has 2 nitrogen and oxygen atoms in total. The van der Waals surface area contributed by atoms with Gasteiger partial charge in [0.15, 0.2) is 0 Å². The molecule has 1 aromatic carbocycles. The van der Waals surface area contributed by atoms with E-state index in [2.05, 4.69) is 6.26 Å². The first-order valence-corrected chi connectivity index (χ1v) is 6.53. The summed E-state index contributed by atoms with van der Waals surface area (Å²) in [7, 11) is 0. The third-order valence-corrected chi connectivity index (χ3v) is 2.80. The fourth-order valence-electron chi connectivity index (χ4n) is 1.26. The molecule has 84 valence electrons. The number of thioether (sulfide) groups is 1. The van der Waals surface area contributed by atoms with Crippen LogP contribution in [0.5, 0.6) is 5.75 Å². The van der Waals surface area contributed by atoms with Gasteiger partial charge in [-0.3, -0.25) is 0 Å². The van der Waals surface area contributed by atoms with Crippen molar-refractivity contribution in [2.45, 2.75) is 19.4 Å². The van der Waals surface area contributed by atoms with E-state index in [1.807, 2.05) is 36.0 Å². The minimum Gasteiger partial charge on any atom is -0.494 e. The average molecular weight is 226 g/mol. The summed E-state index contributed by atoms with van der Waals surface area (Å²) in [5.74, 6) is 1.96. The smallest absolute Gasteiger partial charge is 0.119 e. The van der Waals surface area contributed by atoms with Gasteiger partial charge >= 0.3 is 0 Å². The molecule has 0 spiro atoms. The Morgan fingerprint density at radius 3 is 2.93 bits per heavy atom. The van der Waals surface area contributed by atoms with Crippen molar-refractivity contribution in [3.63, 3.8) is 0 Å². The van der Waals surface area contributed by atoms with Crippen LogP contribution < -0.4 is 4.74 Å². The van der Waals surface area contributed by atoms with Crippen LogP contribution in [0.15, 0.2) is 24.3 Å². The summed E-state index contributed by atoms with van der Waals surface area (Å²) < 4.78 is 5.57. The Kier molecular flexibility index (Phi) is 5.58. The molecule has 0 aromatic heterocycles. The predicted octanol–water partition coefficient (Wildman–Crippen LogP) is 2.87. The van der Waals surface area contributed by atoms with Crippen LogP contribution in [0.25, 0.3) is 0 Å². The molecular weight excluding hydrogens is 208 g/mol. The molecule has 0 aliphatic rings. The standard InChI is InChI=1S/C12H18O2S/c1-10(13)11-5-3-6-12(9-11)14-7-4-8-15-2/h3,5-6,9-10,13H,4,7-8H2,1-2H3/t10-/m0/s1. The first-order valence-electron chi connectivity index (χ1n) is 5.14. The number of ether oxygens (including phenoxy) is 1. The van der Waals surface area contributed by atoms with Crippen LogP contribution in [0.3, 0.4) is 0 Å². The molecule has 0 fully saturated rings. The van der Waals surface area contributed by atoms with E-state index in [0.717, 1.165) is 30.1 Å². The number of aliphatic hydroxyl groups is 1. The molecule has 0 bridgehead atoms. The van der Waals surface area contributed by atoms with Crippen LogP contribution in [0.2, 0.25) is 0 Å². The Balaban J connectivity index is 2.43. The fourth-order valence-corrected chi connectivity index (χ4v) is 1.66. The molecule has 0 aliphatic carbocycles. The second kappa shape index (κ2) is 6.75. The molecule has 0 saturated heterocycles. The van der Waals surface area contributed by atoms with Crippen molar-refractivity contribution in [3.8, 4) is 5.75 Å². The van der Waals surface area contributed by atoms with Gasteiger partial charge in [-0.05, 0) is 43.0 Å². The first-order chi connectivity index (χ1) is 7.24. The zero-order valence-corrected chi connectivity index (χ0v) is 10.1. The maximum absolute atomic E-state index is 9.40. The van der Waals surface area contributed by atoms with Gasteiger partial charge in [0, 0.05) is 0 Å². The summed E-state index contributed by atoms with van der Waals surface area (Å²) in [5.41, 5.74) is 0.900. The van der Waals surface area contributed by atoms with E-state index in [1.54, 1.807) is 6.92 Å². The topological polar surface area (TPSA) is 29.5 Å². The molecule has 0 unspecified atom stereocenters. The van der Waals surface area contributed by atoms with Crippen molar-refractivity contribution in [2.24, 2.45) is 0 Å². The minimum atomic E-state index is -0.431. The van der Waals surface area contributed by atoms with E-state index in [1.165, 1.54) is 0 Å². The summed E-state index contributed by atoms with van der Waals surface area (Å²) in [6.07, 6.45) is 2.72. The summed E-state index contributed by atoms with van der Waals surface area (Å²) in [6.45, 7) is 2.50. The normalized spacial score (nSPS) is 12.5. The van der Waals surface area contributed by atoms with Crippen molar-refractivity contribution in [1.82, 2.24) is 0 Å². The van der Waals surface area contributed by atoms with Gasteiger partial charge in [-0.1, -0.05) is 12.1 Å². The summed E-state index contributed by atoms with van der Waals surface area (Å²) in [5, 5.41) is 9.40. The molecule has 1 atom stereocenters. The van der Waals surface area contributed by atoms with Crippen LogP contribution in [0.4, 0.5) is 0 Å². The average Bonchev–Trinajstić information content (AvgIpc) is 2.25. The van der Waals surface area contributed by atoms with Gasteiger partial charge in [-0.25, -0.2) is 0 Å². The van der Waals surface area contributed by atoms with Crippen LogP contribution >= 0.6 is 11.8 Å². The highest BCUT2D eigenvalue weighted by Gasteiger charge is 2.01. The largest absolute Gasteiger partial charge is 0.494 e. The third kappa shape index (κ3) is 4.58. The minimum absolute atomic E-state index is 0.431. The maximum Gasteiger partial charge on any atom is 0.119 e. The summed E-state index contributed by atoms with van der Waals surface area (Å²) in [4.78, 5) is 0. The highest BCUT2D eigenvalue weighted by atomic mass is 32.2. The second-order valence-corrected chi connectivity index (χ2v) is 4.43. The number of aliphatic hydroxyl groups excluding tert-OH is 1.